The number of carboxylic acid groups (broad SMARTS) is 3. The highest BCUT2D eigenvalue weighted by atomic mass is 31.3. The van der Waals surface area contributed by atoms with Crippen LogP contribution in [0, 0.1) is 0 Å². The Morgan fingerprint density at radius 1 is 0.784 bits per heavy atom. The van der Waals surface area contributed by atoms with Gasteiger partial charge in [0.05, 0.1) is 6.61 Å². The van der Waals surface area contributed by atoms with Crippen LogP contribution in [0.2, 0.25) is 0 Å². The number of phosphoric acid groups is 2. The van der Waals surface area contributed by atoms with E-state index in [1.54, 1.807) is 0 Å². The molecule has 418 valence electrons. The molecule has 1 aromatic heterocycles. The maximum absolute atomic E-state index is 13.2. The number of aliphatic hydroxyl groups excluding tert-OH is 4. The summed E-state index contributed by atoms with van der Waals surface area (Å²) in [7, 11) is -11.8. The van der Waals surface area contributed by atoms with Crippen molar-refractivity contribution >= 4 is 63.1 Å². The molecule has 0 aromatic carbocycles. The first-order valence-electron chi connectivity index (χ1n) is 21.9. The fourth-order valence-corrected chi connectivity index (χ4v) is 8.93. The van der Waals surface area contributed by atoms with Gasteiger partial charge in [-0.3, -0.25) is 57.0 Å². The number of amides is 5. The molecule has 2 aliphatic heterocycles. The molecular weight excluding hydrogens is 1050 g/mol. The summed E-state index contributed by atoms with van der Waals surface area (Å²) < 4.78 is 56.1. The van der Waals surface area contributed by atoms with Crippen molar-refractivity contribution in [2.45, 2.75) is 151 Å². The molecule has 1 aromatic rings. The van der Waals surface area contributed by atoms with Gasteiger partial charge in [0, 0.05) is 25.6 Å². The summed E-state index contributed by atoms with van der Waals surface area (Å²) >= 11 is 0. The first-order valence-corrected chi connectivity index (χ1v) is 24.8. The van der Waals surface area contributed by atoms with E-state index in [9.17, 15) is 92.4 Å². The molecule has 5 amide bonds. The average Bonchev–Trinajstić information content (AvgIpc) is 3.57. The number of carbonyl (C=O) groups is 8. The Morgan fingerprint density at radius 2 is 1.42 bits per heavy atom. The minimum atomic E-state index is -5.97. The van der Waals surface area contributed by atoms with Crippen LogP contribution in [0.1, 0.15) is 66.0 Å². The monoisotopic (exact) mass is 1110 g/mol. The van der Waals surface area contributed by atoms with Crippen LogP contribution in [0.5, 0.6) is 0 Å². The zero-order chi connectivity index (χ0) is 56.2. The number of ether oxygens (including phenoxy) is 3. The highest BCUT2D eigenvalue weighted by Gasteiger charge is 2.52. The minimum Gasteiger partial charge on any atom is -0.480 e. The Kier molecular flexibility index (Phi) is 23.1. The van der Waals surface area contributed by atoms with Gasteiger partial charge < -0.3 is 92.1 Å². The van der Waals surface area contributed by atoms with E-state index in [4.69, 9.17) is 34.7 Å². The third kappa shape index (κ3) is 18.6. The van der Waals surface area contributed by atoms with Crippen molar-refractivity contribution in [3.8, 4) is 0 Å². The van der Waals surface area contributed by atoms with Crippen molar-refractivity contribution in [2.75, 3.05) is 6.61 Å². The van der Waals surface area contributed by atoms with Crippen LogP contribution in [0.25, 0.3) is 0 Å². The van der Waals surface area contributed by atoms with Crippen LogP contribution >= 0.6 is 15.6 Å². The highest BCUT2D eigenvalue weighted by molar-refractivity contribution is 7.61. The summed E-state index contributed by atoms with van der Waals surface area (Å²) in [5, 5.41) is 80.9. The first-order chi connectivity index (χ1) is 34.2. The predicted molar refractivity (Wildman–Crippen MR) is 237 cm³/mol. The van der Waals surface area contributed by atoms with Crippen molar-refractivity contribution < 1.29 is 121 Å². The van der Waals surface area contributed by atoms with E-state index in [1.165, 1.54) is 0 Å². The summed E-state index contributed by atoms with van der Waals surface area (Å²) in [6.07, 6.45) is -18.9. The zero-order valence-corrected chi connectivity index (χ0v) is 41.1. The molecule has 0 spiro atoms. The SMILES string of the molecule is CC(=O)N[C@H]1C(OP(=O)(O)OP(=O)(O)OC[C@H]2O[C@@H](n3ccc(=O)[nH]c3=O)[C@H](O)[C@@H]2O)O[C@H](O)[C@@H](O)[C@@H]1OC(C)C(=O)N[C@@H](C)C(=O)N[C@H](CCC(=O)N[C@@H](CCCC(N)C(=O)O)C(=O)N[C@H](C)C(=O)O)C(=O)O. The number of phosphoric ester groups is 2. The maximum atomic E-state index is 13.2. The van der Waals surface area contributed by atoms with Crippen LogP contribution in [0.15, 0.2) is 21.9 Å². The number of rotatable bonds is 28. The van der Waals surface area contributed by atoms with Gasteiger partial charge in [-0.25, -0.2) is 18.7 Å². The largest absolute Gasteiger partial charge is 0.483 e. The van der Waals surface area contributed by atoms with Crippen LogP contribution in [-0.2, 0) is 75.1 Å². The lowest BCUT2D eigenvalue weighted by Gasteiger charge is -2.43. The summed E-state index contributed by atoms with van der Waals surface area (Å²) in [5.74, 6) is -9.66. The number of aromatic amines is 1. The van der Waals surface area contributed by atoms with E-state index in [0.29, 0.717) is 4.57 Å². The minimum absolute atomic E-state index is 0.0230. The van der Waals surface area contributed by atoms with Crippen LogP contribution in [0.3, 0.4) is 0 Å². The third-order valence-corrected chi connectivity index (χ3v) is 13.3. The summed E-state index contributed by atoms with van der Waals surface area (Å²) in [6.45, 7) is 2.92. The number of aliphatic carboxylic acids is 3. The Morgan fingerprint density at radius 3 is 2.00 bits per heavy atom. The van der Waals surface area contributed by atoms with Gasteiger partial charge in [0.1, 0.15) is 72.9 Å². The van der Waals surface area contributed by atoms with E-state index in [-0.39, 0.29) is 19.3 Å². The molecule has 35 nitrogen and oxygen atoms in total. The van der Waals surface area contributed by atoms with Crippen LogP contribution < -0.4 is 43.6 Å². The number of nitrogens with one attached hydrogen (secondary N) is 6. The Labute approximate surface area is 416 Å². The lowest BCUT2D eigenvalue weighted by atomic mass is 10.0. The number of hydrogen-bond donors (Lipinski definition) is 16. The number of carboxylic acids is 3. The topological polar surface area (TPSA) is 549 Å². The number of hydrogen-bond acceptors (Lipinski definition) is 23. The summed E-state index contributed by atoms with van der Waals surface area (Å²) in [5.41, 5.74) is 3.58. The van der Waals surface area contributed by atoms with Crippen molar-refractivity contribution in [2.24, 2.45) is 5.73 Å². The Bertz CT molecular complexity index is 2430. The van der Waals surface area contributed by atoms with Gasteiger partial charge in [0.15, 0.2) is 18.8 Å². The molecule has 17 atom stereocenters. The molecule has 5 unspecified atom stereocenters. The van der Waals surface area contributed by atoms with E-state index in [2.05, 4.69) is 35.4 Å². The van der Waals surface area contributed by atoms with Gasteiger partial charge in [0.25, 0.3) is 5.56 Å². The summed E-state index contributed by atoms with van der Waals surface area (Å²) in [4.78, 5) is 145. The highest BCUT2D eigenvalue weighted by Crippen LogP contribution is 2.61. The first kappa shape index (κ1) is 62.7. The van der Waals surface area contributed by atoms with Crippen LogP contribution in [-0.4, -0.2) is 195 Å². The summed E-state index contributed by atoms with van der Waals surface area (Å²) in [6, 6.07) is -8.65. The number of aromatic nitrogens is 2. The second-order valence-corrected chi connectivity index (χ2v) is 19.6. The molecule has 0 bridgehead atoms. The normalized spacial score (nSPS) is 26.8. The van der Waals surface area contributed by atoms with Gasteiger partial charge in [-0.05, 0) is 46.5 Å². The Hall–Kier alpha value is -5.62. The number of nitrogens with zero attached hydrogens (tertiary/aromatic N) is 1. The average molecular weight is 1110 g/mol. The number of aliphatic hydroxyl groups is 4. The molecule has 0 radical (unpaired) electrons. The quantitative estimate of drug-likeness (QED) is 0.0347. The standard InChI is InChI=1S/C37H58N8O27P2/c1-13(28(52)43-19(34(59)60)8-9-21(47)42-18(7-5-6-17(38)33(57)58)30(54)40-14(2)32(55)56)39-29(53)15(3)68-27-23(41-16(4)46)36(70-35(61)26(27)51)71-74(65,66)72-73(63,64)67-12-20-24(49)25(50)31(69-20)45-11-10-22(48)44-37(45)62/h10-11,13-15,17-20,23-27,31,35-36,49-51,61H,5-9,12,38H2,1-4H3,(H,39,53)(H,40,54)(H,41,46)(H,42,47)(H,43,52)(H,55,56)(H,57,58)(H,59,60)(H,63,64)(H,65,66)(H,44,48,62)/t13-,14+,15?,17?,18-,19+,20+,23+,24+,25+,26-,27+,31+,35-,36?/m0/s1. The molecule has 17 N–H and O–H groups in total. The van der Waals surface area contributed by atoms with E-state index in [1.807, 2.05) is 4.98 Å². The lowest BCUT2D eigenvalue weighted by molar-refractivity contribution is -0.307. The van der Waals surface area contributed by atoms with Crippen molar-refractivity contribution in [3.63, 3.8) is 0 Å². The van der Waals surface area contributed by atoms with Gasteiger partial charge in [-0.2, -0.15) is 4.31 Å². The molecule has 2 aliphatic rings. The second-order valence-electron chi connectivity index (χ2n) is 16.6. The zero-order valence-electron chi connectivity index (χ0n) is 39.3. The molecule has 3 heterocycles. The van der Waals surface area contributed by atoms with Gasteiger partial charge in [0.2, 0.25) is 29.5 Å². The number of carbonyl (C=O) groups excluding carboxylic acids is 5. The van der Waals surface area contributed by atoms with E-state index < -0.39 is 185 Å². The third-order valence-electron chi connectivity index (χ3n) is 10.7. The predicted octanol–water partition coefficient (Wildman–Crippen LogP) is -6.77. The molecule has 37 heteroatoms. The van der Waals surface area contributed by atoms with E-state index >= 15 is 0 Å². The van der Waals surface area contributed by atoms with Gasteiger partial charge in [-0.1, -0.05) is 0 Å². The van der Waals surface area contributed by atoms with Crippen molar-refractivity contribution in [1.82, 2.24) is 36.1 Å². The molecule has 0 aliphatic carbocycles. The fraction of sp³-hybridized carbons (Fsp3) is 0.676. The van der Waals surface area contributed by atoms with Gasteiger partial charge in [-0.15, -0.1) is 0 Å². The van der Waals surface area contributed by atoms with Crippen molar-refractivity contribution in [1.29, 1.82) is 0 Å². The maximum Gasteiger partial charge on any atom is 0.483 e. The molecular formula is C37H58N8O27P2. The smallest absolute Gasteiger partial charge is 0.480 e. The second kappa shape index (κ2) is 27.3. The number of H-pyrrole nitrogens is 1. The molecule has 2 saturated heterocycles. The Balaban J connectivity index is 1.63. The van der Waals surface area contributed by atoms with E-state index in [0.717, 1.165) is 40.0 Å². The molecule has 0 saturated carbocycles. The number of nitrogens with two attached hydrogens (primary N) is 1. The fourth-order valence-electron chi connectivity index (χ4n) is 6.77. The van der Waals surface area contributed by atoms with Gasteiger partial charge >= 0.3 is 39.2 Å². The molecule has 3 rings (SSSR count). The molecule has 2 fully saturated rings. The lowest BCUT2D eigenvalue weighted by Crippen LogP contribution is -2.65. The van der Waals surface area contributed by atoms with Crippen LogP contribution in [0.4, 0.5) is 0 Å². The van der Waals surface area contributed by atoms with Crippen molar-refractivity contribution in [3.05, 3.63) is 33.1 Å². The molecule has 74 heavy (non-hydrogen) atoms.